The number of carbonyl (C=O) groups is 1. The fourth-order valence-electron chi connectivity index (χ4n) is 1.88. The van der Waals surface area contributed by atoms with Gasteiger partial charge in [-0.05, 0) is 34.0 Å². The molecule has 0 radical (unpaired) electrons. The van der Waals surface area contributed by atoms with E-state index >= 15 is 0 Å². The molecule has 0 atom stereocenters. The van der Waals surface area contributed by atoms with Gasteiger partial charge in [0.05, 0.1) is 18.2 Å². The molecule has 8 heteroatoms. The van der Waals surface area contributed by atoms with Crippen molar-refractivity contribution >= 4 is 23.4 Å². The summed E-state index contributed by atoms with van der Waals surface area (Å²) in [4.78, 5) is 12.0. The third kappa shape index (κ3) is 5.38. The van der Waals surface area contributed by atoms with Crippen LogP contribution in [0.15, 0.2) is 29.4 Å². The van der Waals surface area contributed by atoms with E-state index in [9.17, 15) is 4.79 Å². The van der Waals surface area contributed by atoms with Crippen LogP contribution in [0.25, 0.3) is 0 Å². The fourth-order valence-corrected chi connectivity index (χ4v) is 2.57. The van der Waals surface area contributed by atoms with E-state index in [4.69, 9.17) is 5.26 Å². The number of tetrazole rings is 1. The molecule has 0 saturated heterocycles. The van der Waals surface area contributed by atoms with Crippen molar-refractivity contribution in [2.24, 2.45) is 5.92 Å². The molecule has 23 heavy (non-hydrogen) atoms. The van der Waals surface area contributed by atoms with Crippen molar-refractivity contribution in [2.75, 3.05) is 11.1 Å². The number of hydrogen-bond donors (Lipinski definition) is 1. The van der Waals surface area contributed by atoms with E-state index in [-0.39, 0.29) is 11.7 Å². The van der Waals surface area contributed by atoms with Gasteiger partial charge in [-0.1, -0.05) is 37.7 Å². The lowest BCUT2D eigenvalue weighted by molar-refractivity contribution is -0.113. The second-order valence-electron chi connectivity index (χ2n) is 5.41. The molecule has 7 nitrogen and oxygen atoms in total. The first kappa shape index (κ1) is 17.0. The zero-order valence-electron chi connectivity index (χ0n) is 13.1. The Hall–Kier alpha value is -2.40. The van der Waals surface area contributed by atoms with Gasteiger partial charge in [0.1, 0.15) is 0 Å². The van der Waals surface area contributed by atoms with E-state index in [2.05, 4.69) is 40.8 Å². The predicted molar refractivity (Wildman–Crippen MR) is 87.8 cm³/mol. The van der Waals surface area contributed by atoms with Crippen LogP contribution in [0.4, 0.5) is 5.69 Å². The standard InChI is InChI=1S/C15H18N6OS/c1-11(2)9-21-15(18-19-20-21)23-10-14(22)17-13-5-3-12(4-6-13)7-8-16/h3-6,11H,7,9-10H2,1-2H3,(H,17,22). The van der Waals surface area contributed by atoms with E-state index in [0.29, 0.717) is 23.2 Å². The number of nitriles is 1. The molecular formula is C15H18N6OS. The lowest BCUT2D eigenvalue weighted by atomic mass is 10.1. The number of nitrogens with one attached hydrogen (secondary N) is 1. The summed E-state index contributed by atoms with van der Waals surface area (Å²) in [6.45, 7) is 4.88. The Labute approximate surface area is 139 Å². The van der Waals surface area contributed by atoms with E-state index in [1.54, 1.807) is 16.8 Å². The molecule has 1 heterocycles. The maximum absolute atomic E-state index is 12.0. The first-order chi connectivity index (χ1) is 11.1. The highest BCUT2D eigenvalue weighted by atomic mass is 32.2. The van der Waals surface area contributed by atoms with Crippen molar-refractivity contribution in [2.45, 2.75) is 32.0 Å². The molecule has 1 aromatic carbocycles. The fraction of sp³-hybridized carbons (Fsp3) is 0.400. The summed E-state index contributed by atoms with van der Waals surface area (Å²) < 4.78 is 1.71. The van der Waals surface area contributed by atoms with E-state index in [0.717, 1.165) is 12.1 Å². The van der Waals surface area contributed by atoms with Crippen LogP contribution in [0.3, 0.4) is 0 Å². The third-order valence-electron chi connectivity index (χ3n) is 2.89. The molecule has 120 valence electrons. The smallest absolute Gasteiger partial charge is 0.234 e. The van der Waals surface area contributed by atoms with Crippen molar-refractivity contribution in [3.8, 4) is 6.07 Å². The largest absolute Gasteiger partial charge is 0.325 e. The number of anilines is 1. The molecule has 1 aromatic heterocycles. The number of nitrogens with zero attached hydrogens (tertiary/aromatic N) is 5. The van der Waals surface area contributed by atoms with Crippen molar-refractivity contribution in [3.63, 3.8) is 0 Å². The molecule has 0 spiro atoms. The second-order valence-corrected chi connectivity index (χ2v) is 6.35. The van der Waals surface area contributed by atoms with Gasteiger partial charge in [0, 0.05) is 12.2 Å². The number of hydrogen-bond acceptors (Lipinski definition) is 6. The average Bonchev–Trinajstić information content (AvgIpc) is 2.94. The first-order valence-corrected chi connectivity index (χ1v) is 8.21. The van der Waals surface area contributed by atoms with Crippen molar-refractivity contribution < 1.29 is 4.79 Å². The van der Waals surface area contributed by atoms with Crippen LogP contribution in [-0.2, 0) is 17.8 Å². The maximum atomic E-state index is 12.0. The Morgan fingerprint density at radius 1 is 1.39 bits per heavy atom. The van der Waals surface area contributed by atoms with E-state index in [1.165, 1.54) is 11.8 Å². The summed E-state index contributed by atoms with van der Waals surface area (Å²) in [6, 6.07) is 9.32. The van der Waals surface area contributed by atoms with Crippen LogP contribution in [0.2, 0.25) is 0 Å². The minimum atomic E-state index is -0.123. The van der Waals surface area contributed by atoms with E-state index in [1.807, 2.05) is 12.1 Å². The monoisotopic (exact) mass is 330 g/mol. The first-order valence-electron chi connectivity index (χ1n) is 7.23. The van der Waals surface area contributed by atoms with Gasteiger partial charge < -0.3 is 5.32 Å². The molecule has 2 rings (SSSR count). The molecule has 0 fully saturated rings. The average molecular weight is 330 g/mol. The molecule has 0 unspecified atom stereocenters. The molecule has 0 aliphatic heterocycles. The zero-order valence-corrected chi connectivity index (χ0v) is 13.9. The molecule has 0 bridgehead atoms. The SMILES string of the molecule is CC(C)Cn1nnnc1SCC(=O)Nc1ccc(CC#N)cc1. The topological polar surface area (TPSA) is 96.5 Å². The molecule has 1 amide bonds. The van der Waals surface area contributed by atoms with Gasteiger partial charge in [-0.25, -0.2) is 4.68 Å². The summed E-state index contributed by atoms with van der Waals surface area (Å²) >= 11 is 1.31. The Morgan fingerprint density at radius 3 is 2.78 bits per heavy atom. The van der Waals surface area contributed by atoms with Gasteiger partial charge in [0.25, 0.3) is 0 Å². The van der Waals surface area contributed by atoms with Gasteiger partial charge in [-0.15, -0.1) is 5.10 Å². The molecular weight excluding hydrogens is 312 g/mol. The second kappa shape index (κ2) is 8.29. The number of thioether (sulfide) groups is 1. The van der Waals surface area contributed by atoms with E-state index < -0.39 is 0 Å². The van der Waals surface area contributed by atoms with Gasteiger partial charge in [-0.2, -0.15) is 5.26 Å². The highest BCUT2D eigenvalue weighted by Crippen LogP contribution is 2.16. The normalized spacial score (nSPS) is 10.5. The van der Waals surface area contributed by atoms with Crippen LogP contribution >= 0.6 is 11.8 Å². The van der Waals surface area contributed by atoms with Crippen molar-refractivity contribution in [1.82, 2.24) is 20.2 Å². The number of amides is 1. The van der Waals surface area contributed by atoms with Crippen LogP contribution in [0.1, 0.15) is 19.4 Å². The minimum absolute atomic E-state index is 0.123. The summed E-state index contributed by atoms with van der Waals surface area (Å²) in [5.41, 5.74) is 1.63. The Morgan fingerprint density at radius 2 is 2.13 bits per heavy atom. The Kier molecular flexibility index (Phi) is 6.11. The summed E-state index contributed by atoms with van der Waals surface area (Å²) in [5, 5.41) is 23.6. The van der Waals surface area contributed by atoms with Crippen molar-refractivity contribution in [3.05, 3.63) is 29.8 Å². The van der Waals surface area contributed by atoms with Crippen LogP contribution < -0.4 is 5.32 Å². The maximum Gasteiger partial charge on any atom is 0.234 e. The van der Waals surface area contributed by atoms with Crippen LogP contribution in [0, 0.1) is 17.2 Å². The predicted octanol–water partition coefficient (Wildman–Crippen LogP) is 2.13. The highest BCUT2D eigenvalue weighted by Gasteiger charge is 2.11. The number of carbonyl (C=O) groups excluding carboxylic acids is 1. The lowest BCUT2D eigenvalue weighted by Crippen LogP contribution is -2.15. The number of benzene rings is 1. The van der Waals surface area contributed by atoms with Gasteiger partial charge in [0.2, 0.25) is 11.1 Å². The Bertz CT molecular complexity index is 689. The van der Waals surface area contributed by atoms with Gasteiger partial charge >= 0.3 is 0 Å². The molecule has 2 aromatic rings. The Balaban J connectivity index is 1.85. The summed E-state index contributed by atoms with van der Waals surface area (Å²) in [6.07, 6.45) is 0.364. The quantitative estimate of drug-likeness (QED) is 0.781. The number of rotatable bonds is 7. The minimum Gasteiger partial charge on any atom is -0.325 e. The zero-order chi connectivity index (χ0) is 16.7. The van der Waals surface area contributed by atoms with Gasteiger partial charge in [0.15, 0.2) is 0 Å². The highest BCUT2D eigenvalue weighted by molar-refractivity contribution is 7.99. The lowest BCUT2D eigenvalue weighted by Gasteiger charge is -2.07. The molecule has 1 N–H and O–H groups in total. The number of aromatic nitrogens is 4. The van der Waals surface area contributed by atoms with Crippen LogP contribution in [-0.4, -0.2) is 31.9 Å². The molecule has 0 saturated carbocycles. The molecule has 0 aliphatic rings. The molecule has 0 aliphatic carbocycles. The third-order valence-corrected chi connectivity index (χ3v) is 3.85. The summed E-state index contributed by atoms with van der Waals surface area (Å²) in [7, 11) is 0. The van der Waals surface area contributed by atoms with Gasteiger partial charge in [-0.3, -0.25) is 4.79 Å². The van der Waals surface area contributed by atoms with Crippen molar-refractivity contribution in [1.29, 1.82) is 5.26 Å². The van der Waals surface area contributed by atoms with Crippen LogP contribution in [0.5, 0.6) is 0 Å². The summed E-state index contributed by atoms with van der Waals surface area (Å²) in [5.74, 6) is 0.541.